The van der Waals surface area contributed by atoms with Gasteiger partial charge in [-0.3, -0.25) is 9.78 Å². The molecular formula is C27H42N2O3. The molecule has 0 saturated heterocycles. The van der Waals surface area contributed by atoms with Gasteiger partial charge in [-0.25, -0.2) is 0 Å². The maximum absolute atomic E-state index is 12.9. The molecule has 1 heterocycles. The van der Waals surface area contributed by atoms with Gasteiger partial charge in [-0.05, 0) is 68.0 Å². The summed E-state index contributed by atoms with van der Waals surface area (Å²) in [6.07, 6.45) is 9.04. The van der Waals surface area contributed by atoms with Gasteiger partial charge in [-0.2, -0.15) is 0 Å². The van der Waals surface area contributed by atoms with Gasteiger partial charge in [0.15, 0.2) is 0 Å². The molecule has 0 spiro atoms. The molecule has 5 nitrogen and oxygen atoms in total. The first-order valence-electron chi connectivity index (χ1n) is 11.2. The van der Waals surface area contributed by atoms with Gasteiger partial charge in [-0.15, -0.1) is 0 Å². The number of nitrogens with zero attached hydrogens (tertiary/aromatic N) is 2. The molecule has 1 aliphatic rings. The number of aryl methyl sites for hydroxylation is 1. The molecular weight excluding hydrogens is 400 g/mol. The summed E-state index contributed by atoms with van der Waals surface area (Å²) < 4.78 is 5.83. The minimum atomic E-state index is -0.229. The van der Waals surface area contributed by atoms with Crippen molar-refractivity contribution in [1.82, 2.24) is 9.88 Å². The maximum atomic E-state index is 12.9. The van der Waals surface area contributed by atoms with E-state index in [1.165, 1.54) is 5.56 Å². The largest absolute Gasteiger partial charge is 0.493 e. The number of carbonyl (C=O) groups excluding carboxylic acids is 1. The smallest absolute Gasteiger partial charge is 0.253 e. The minimum absolute atomic E-state index is 0. The molecule has 5 heteroatoms. The minimum Gasteiger partial charge on any atom is -0.493 e. The Kier molecular flexibility index (Phi) is 12.0. The molecule has 1 saturated carbocycles. The average Bonchev–Trinajstić information content (AvgIpc) is 2.77. The van der Waals surface area contributed by atoms with Crippen molar-refractivity contribution in [3.05, 3.63) is 59.4 Å². The highest BCUT2D eigenvalue weighted by molar-refractivity contribution is 5.94. The lowest BCUT2D eigenvalue weighted by atomic mass is 9.94. The zero-order chi connectivity index (χ0) is 21.3. The number of hydrogen-bond donors (Lipinski definition) is 1. The van der Waals surface area contributed by atoms with E-state index in [0.717, 1.165) is 62.8 Å². The highest BCUT2D eigenvalue weighted by Crippen LogP contribution is 2.23. The molecule has 0 bridgehead atoms. The van der Waals surface area contributed by atoms with Crippen LogP contribution in [0.2, 0.25) is 0 Å². The van der Waals surface area contributed by atoms with Crippen LogP contribution in [-0.2, 0) is 12.8 Å². The van der Waals surface area contributed by atoms with Crippen LogP contribution in [-0.4, -0.2) is 46.7 Å². The molecule has 1 aromatic heterocycles. The standard InChI is InChI=1S/C25H34N2O3.2CH4/c1-3-19-8-11-21(26-18-19)16-17-30-24-14-9-20(10-15-24)25(29)27(2)22-6-4-5-7-23(28)13-12-22;;/h8-11,14-15,18,22-23,28H,3-7,12-13,16-17H2,1-2H3;2*1H4. The molecule has 3 rings (SSSR count). The Morgan fingerprint density at radius 2 is 1.78 bits per heavy atom. The van der Waals surface area contributed by atoms with Crippen molar-refractivity contribution in [2.24, 2.45) is 0 Å². The molecule has 32 heavy (non-hydrogen) atoms. The second-order valence-electron chi connectivity index (χ2n) is 8.22. The van der Waals surface area contributed by atoms with Crippen molar-refractivity contribution in [3.8, 4) is 5.75 Å². The van der Waals surface area contributed by atoms with E-state index in [1.54, 1.807) is 0 Å². The number of benzene rings is 1. The lowest BCUT2D eigenvalue weighted by Gasteiger charge is -2.31. The summed E-state index contributed by atoms with van der Waals surface area (Å²) in [5, 5.41) is 9.95. The quantitative estimate of drug-likeness (QED) is 0.598. The number of amides is 1. The van der Waals surface area contributed by atoms with E-state index in [9.17, 15) is 9.90 Å². The molecule has 2 atom stereocenters. The molecule has 178 valence electrons. The van der Waals surface area contributed by atoms with Crippen molar-refractivity contribution >= 4 is 5.91 Å². The fourth-order valence-corrected chi connectivity index (χ4v) is 3.97. The number of aromatic nitrogens is 1. The zero-order valence-corrected chi connectivity index (χ0v) is 18.2. The second kappa shape index (κ2) is 13.9. The van der Waals surface area contributed by atoms with Crippen molar-refractivity contribution in [2.75, 3.05) is 13.7 Å². The van der Waals surface area contributed by atoms with E-state index in [2.05, 4.69) is 18.0 Å². The van der Waals surface area contributed by atoms with Crippen LogP contribution in [0.3, 0.4) is 0 Å². The molecule has 1 aliphatic carbocycles. The molecule has 2 unspecified atom stereocenters. The summed E-state index contributed by atoms with van der Waals surface area (Å²) in [5.74, 6) is 0.787. The van der Waals surface area contributed by atoms with Crippen LogP contribution in [0.25, 0.3) is 0 Å². The van der Waals surface area contributed by atoms with Gasteiger partial charge < -0.3 is 14.7 Å². The number of carbonyl (C=O) groups is 1. The van der Waals surface area contributed by atoms with Crippen LogP contribution in [0.15, 0.2) is 42.6 Å². The Labute approximate surface area is 194 Å². The van der Waals surface area contributed by atoms with Gasteiger partial charge in [0.1, 0.15) is 5.75 Å². The maximum Gasteiger partial charge on any atom is 0.253 e. The fraction of sp³-hybridized carbons (Fsp3) is 0.556. The monoisotopic (exact) mass is 442 g/mol. The normalized spacial score (nSPS) is 18.3. The van der Waals surface area contributed by atoms with Crippen molar-refractivity contribution in [2.45, 2.75) is 85.3 Å². The zero-order valence-electron chi connectivity index (χ0n) is 18.2. The number of aliphatic hydroxyl groups excluding tert-OH is 1. The van der Waals surface area contributed by atoms with Crippen LogP contribution in [0.4, 0.5) is 0 Å². The van der Waals surface area contributed by atoms with Crippen LogP contribution >= 0.6 is 0 Å². The van der Waals surface area contributed by atoms with Gasteiger partial charge in [0, 0.05) is 37.0 Å². The molecule has 0 aliphatic heterocycles. The summed E-state index contributed by atoms with van der Waals surface area (Å²) in [4.78, 5) is 19.2. The van der Waals surface area contributed by atoms with E-state index in [0.29, 0.717) is 12.2 Å². The van der Waals surface area contributed by atoms with Gasteiger partial charge in [0.25, 0.3) is 5.91 Å². The first-order chi connectivity index (χ1) is 14.6. The first-order valence-corrected chi connectivity index (χ1v) is 11.2. The van der Waals surface area contributed by atoms with Crippen molar-refractivity contribution < 1.29 is 14.6 Å². The van der Waals surface area contributed by atoms with E-state index >= 15 is 0 Å². The van der Waals surface area contributed by atoms with Crippen LogP contribution < -0.4 is 4.74 Å². The summed E-state index contributed by atoms with van der Waals surface area (Å²) in [6.45, 7) is 2.67. The van der Waals surface area contributed by atoms with Gasteiger partial charge in [0.05, 0.1) is 12.7 Å². The Bertz CT molecular complexity index is 790. The summed E-state index contributed by atoms with van der Waals surface area (Å²) in [6, 6.07) is 11.7. The molecule has 1 aromatic carbocycles. The average molecular weight is 443 g/mol. The van der Waals surface area contributed by atoms with Gasteiger partial charge in [-0.1, -0.05) is 40.7 Å². The predicted molar refractivity (Wildman–Crippen MR) is 132 cm³/mol. The fourth-order valence-electron chi connectivity index (χ4n) is 3.97. The SMILES string of the molecule is C.C.CCc1ccc(CCOc2ccc(C(=O)N(C)C3CCCCC(O)CC3)cc2)nc1. The highest BCUT2D eigenvalue weighted by Gasteiger charge is 2.23. The Morgan fingerprint density at radius 3 is 2.44 bits per heavy atom. The number of pyridine rings is 1. The van der Waals surface area contributed by atoms with Crippen LogP contribution in [0.1, 0.15) is 81.9 Å². The predicted octanol–water partition coefficient (Wildman–Crippen LogP) is 5.69. The molecule has 1 fully saturated rings. The second-order valence-corrected chi connectivity index (χ2v) is 8.22. The van der Waals surface area contributed by atoms with E-state index in [-0.39, 0.29) is 32.9 Å². The van der Waals surface area contributed by atoms with Crippen LogP contribution in [0.5, 0.6) is 5.75 Å². The summed E-state index contributed by atoms with van der Waals surface area (Å²) in [7, 11) is 1.88. The van der Waals surface area contributed by atoms with Crippen LogP contribution in [0, 0.1) is 0 Å². The topological polar surface area (TPSA) is 62.7 Å². The van der Waals surface area contributed by atoms with Gasteiger partial charge >= 0.3 is 0 Å². The first kappa shape index (κ1) is 27.6. The third-order valence-electron chi connectivity index (χ3n) is 6.05. The lowest BCUT2D eigenvalue weighted by Crippen LogP contribution is -2.38. The Hall–Kier alpha value is -2.40. The summed E-state index contributed by atoms with van der Waals surface area (Å²) in [5.41, 5.74) is 2.93. The number of rotatable bonds is 7. The number of ether oxygens (including phenoxy) is 1. The Balaban J connectivity index is 0.00000256. The highest BCUT2D eigenvalue weighted by atomic mass is 16.5. The van der Waals surface area contributed by atoms with E-state index in [1.807, 2.05) is 48.5 Å². The Morgan fingerprint density at radius 1 is 1.06 bits per heavy atom. The van der Waals surface area contributed by atoms with Crippen molar-refractivity contribution in [1.29, 1.82) is 0 Å². The van der Waals surface area contributed by atoms with Gasteiger partial charge in [0.2, 0.25) is 0 Å². The number of hydrogen-bond acceptors (Lipinski definition) is 4. The molecule has 2 aromatic rings. The third kappa shape index (κ3) is 7.94. The summed E-state index contributed by atoms with van der Waals surface area (Å²) >= 11 is 0. The van der Waals surface area contributed by atoms with E-state index < -0.39 is 0 Å². The molecule has 0 radical (unpaired) electrons. The van der Waals surface area contributed by atoms with Crippen molar-refractivity contribution in [3.63, 3.8) is 0 Å². The molecule has 1 amide bonds. The lowest BCUT2D eigenvalue weighted by molar-refractivity contribution is 0.0659. The number of aliphatic hydroxyl groups is 1. The third-order valence-corrected chi connectivity index (χ3v) is 6.05. The molecule has 1 N–H and O–H groups in total. The van der Waals surface area contributed by atoms with E-state index in [4.69, 9.17) is 4.74 Å².